The van der Waals surface area contributed by atoms with E-state index in [-0.39, 0.29) is 11.7 Å². The molecule has 0 aromatic carbocycles. The van der Waals surface area contributed by atoms with Gasteiger partial charge in [-0.05, 0) is 24.7 Å². The van der Waals surface area contributed by atoms with E-state index in [1.54, 1.807) is 0 Å². The summed E-state index contributed by atoms with van der Waals surface area (Å²) in [5.74, 6) is 0.943. The van der Waals surface area contributed by atoms with E-state index in [0.29, 0.717) is 6.61 Å². The Morgan fingerprint density at radius 2 is 2.12 bits per heavy atom. The average Bonchev–Trinajstić information content (AvgIpc) is 2.12. The first-order valence-electron chi connectivity index (χ1n) is 6.59. The highest BCUT2D eigenvalue weighted by molar-refractivity contribution is 7.89. The molecule has 1 unspecified atom stereocenters. The Hall–Kier alpha value is -0.130. The monoisotopic (exact) mass is 263 g/mol. The molecule has 5 heteroatoms. The van der Waals surface area contributed by atoms with E-state index in [2.05, 4.69) is 0 Å². The van der Waals surface area contributed by atoms with Crippen LogP contribution in [0.25, 0.3) is 0 Å². The largest absolute Gasteiger partial charge is 0.381 e. The minimum Gasteiger partial charge on any atom is -0.381 e. The molecular formula is C12H25NO3S. The van der Waals surface area contributed by atoms with Gasteiger partial charge in [0.1, 0.15) is 0 Å². The highest BCUT2D eigenvalue weighted by Crippen LogP contribution is 2.29. The molecule has 2 N–H and O–H groups in total. The van der Waals surface area contributed by atoms with Crippen LogP contribution in [0, 0.1) is 11.8 Å². The minimum atomic E-state index is -3.37. The van der Waals surface area contributed by atoms with Gasteiger partial charge < -0.3 is 4.74 Å². The van der Waals surface area contributed by atoms with Crippen molar-refractivity contribution in [2.45, 2.75) is 45.4 Å². The summed E-state index contributed by atoms with van der Waals surface area (Å²) in [5, 5.41) is 5.07. The van der Waals surface area contributed by atoms with Crippen molar-refractivity contribution in [3.63, 3.8) is 0 Å². The van der Waals surface area contributed by atoms with Crippen molar-refractivity contribution in [1.29, 1.82) is 0 Å². The highest BCUT2D eigenvalue weighted by Gasteiger charge is 2.18. The highest BCUT2D eigenvalue weighted by atomic mass is 32.2. The normalized spacial score (nSPS) is 18.9. The summed E-state index contributed by atoms with van der Waals surface area (Å²) in [5.41, 5.74) is 0. The molecule has 1 aliphatic rings. The Balaban J connectivity index is 2.14. The molecule has 0 spiro atoms. The quantitative estimate of drug-likeness (QED) is 0.646. The summed E-state index contributed by atoms with van der Waals surface area (Å²) in [4.78, 5) is 0. The number of hydrogen-bond donors (Lipinski definition) is 1. The predicted molar refractivity (Wildman–Crippen MR) is 69.1 cm³/mol. The maximum absolute atomic E-state index is 11.0. The summed E-state index contributed by atoms with van der Waals surface area (Å²) in [6.07, 6.45) is 6.96. The molecule has 102 valence electrons. The Bertz CT molecular complexity index is 299. The third-order valence-corrected chi connectivity index (χ3v) is 4.35. The molecule has 0 heterocycles. The van der Waals surface area contributed by atoms with Crippen LogP contribution in [-0.2, 0) is 14.8 Å². The lowest BCUT2D eigenvalue weighted by molar-refractivity contribution is 0.0817. The number of rotatable bonds is 9. The minimum absolute atomic E-state index is 0.0459. The van der Waals surface area contributed by atoms with Crippen LogP contribution in [0.5, 0.6) is 0 Å². The lowest BCUT2D eigenvalue weighted by Gasteiger charge is -2.25. The fourth-order valence-corrected chi connectivity index (χ4v) is 3.15. The summed E-state index contributed by atoms with van der Waals surface area (Å²) in [7, 11) is -3.37. The van der Waals surface area contributed by atoms with Crippen molar-refractivity contribution in [1.82, 2.24) is 0 Å². The lowest BCUT2D eigenvalue weighted by atomic mass is 9.83. The van der Waals surface area contributed by atoms with Crippen LogP contribution < -0.4 is 5.14 Å². The van der Waals surface area contributed by atoms with Gasteiger partial charge in [-0.15, -0.1) is 0 Å². The molecule has 17 heavy (non-hydrogen) atoms. The van der Waals surface area contributed by atoms with Gasteiger partial charge >= 0.3 is 0 Å². The fourth-order valence-electron chi connectivity index (χ4n) is 2.23. The van der Waals surface area contributed by atoms with E-state index in [1.807, 2.05) is 6.92 Å². The van der Waals surface area contributed by atoms with Gasteiger partial charge in [0.05, 0.1) is 12.4 Å². The van der Waals surface area contributed by atoms with Crippen molar-refractivity contribution in [3.05, 3.63) is 0 Å². The molecule has 1 saturated carbocycles. The lowest BCUT2D eigenvalue weighted by Crippen LogP contribution is -2.26. The van der Waals surface area contributed by atoms with Crippen LogP contribution in [0.2, 0.25) is 0 Å². The van der Waals surface area contributed by atoms with Crippen LogP contribution in [0.1, 0.15) is 45.4 Å². The molecule has 1 atom stereocenters. The molecule has 0 radical (unpaired) electrons. The van der Waals surface area contributed by atoms with E-state index in [0.717, 1.165) is 31.8 Å². The summed E-state index contributed by atoms with van der Waals surface area (Å²) in [6, 6.07) is 0. The van der Waals surface area contributed by atoms with Gasteiger partial charge in [0.2, 0.25) is 10.0 Å². The zero-order valence-electron chi connectivity index (χ0n) is 10.7. The van der Waals surface area contributed by atoms with Crippen molar-refractivity contribution in [2.75, 3.05) is 19.0 Å². The third-order valence-electron chi connectivity index (χ3n) is 3.41. The van der Waals surface area contributed by atoms with Gasteiger partial charge in [-0.3, -0.25) is 0 Å². The second-order valence-corrected chi connectivity index (χ2v) is 6.80. The van der Waals surface area contributed by atoms with Crippen LogP contribution in [0.4, 0.5) is 0 Å². The van der Waals surface area contributed by atoms with E-state index < -0.39 is 10.0 Å². The maximum atomic E-state index is 11.0. The smallest absolute Gasteiger partial charge is 0.209 e. The Kier molecular flexibility index (Phi) is 6.44. The van der Waals surface area contributed by atoms with Crippen LogP contribution >= 0.6 is 0 Å². The molecule has 4 nitrogen and oxygen atoms in total. The second kappa shape index (κ2) is 7.34. The van der Waals surface area contributed by atoms with Gasteiger partial charge in [0.25, 0.3) is 0 Å². The average molecular weight is 263 g/mol. The van der Waals surface area contributed by atoms with Gasteiger partial charge in [-0.25, -0.2) is 13.6 Å². The zero-order chi connectivity index (χ0) is 12.7. The number of hydrogen-bond acceptors (Lipinski definition) is 3. The van der Waals surface area contributed by atoms with Crippen molar-refractivity contribution >= 4 is 10.0 Å². The molecule has 1 fully saturated rings. The van der Waals surface area contributed by atoms with E-state index in [4.69, 9.17) is 9.88 Å². The number of nitrogens with two attached hydrogens (primary N) is 1. The second-order valence-electron chi connectivity index (χ2n) is 5.14. The van der Waals surface area contributed by atoms with Gasteiger partial charge in [-0.1, -0.05) is 32.6 Å². The summed E-state index contributed by atoms with van der Waals surface area (Å²) < 4.78 is 27.7. The Labute approximate surface area is 105 Å². The standard InChI is InChI=1S/C12H25NO3S/c1-2-4-12(10-17(13,14)15)9-16-8-7-11-5-3-6-11/h11-12H,2-10H2,1H3,(H2,13,14,15). The number of ether oxygens (including phenoxy) is 1. The molecule has 1 aliphatic carbocycles. The van der Waals surface area contributed by atoms with Gasteiger partial charge in [-0.2, -0.15) is 0 Å². The molecule has 0 saturated heterocycles. The van der Waals surface area contributed by atoms with E-state index in [9.17, 15) is 8.42 Å². The molecule has 0 aliphatic heterocycles. The molecule has 1 rings (SSSR count). The van der Waals surface area contributed by atoms with Crippen LogP contribution in [0.3, 0.4) is 0 Å². The van der Waals surface area contributed by atoms with Gasteiger partial charge in [0, 0.05) is 6.61 Å². The van der Waals surface area contributed by atoms with Gasteiger partial charge in [0.15, 0.2) is 0 Å². The molecule has 0 amide bonds. The summed E-state index contributed by atoms with van der Waals surface area (Å²) >= 11 is 0. The van der Waals surface area contributed by atoms with Crippen molar-refractivity contribution in [3.8, 4) is 0 Å². The molecule has 0 bridgehead atoms. The van der Waals surface area contributed by atoms with Crippen molar-refractivity contribution < 1.29 is 13.2 Å². The predicted octanol–water partition coefficient (Wildman–Crippen LogP) is 1.90. The van der Waals surface area contributed by atoms with Crippen LogP contribution in [-0.4, -0.2) is 27.4 Å². The maximum Gasteiger partial charge on any atom is 0.209 e. The SMILES string of the molecule is CCCC(COCCC1CCC1)CS(N)(=O)=O. The van der Waals surface area contributed by atoms with E-state index in [1.165, 1.54) is 19.3 Å². The Morgan fingerprint density at radius 3 is 2.59 bits per heavy atom. The number of sulfonamides is 1. The topological polar surface area (TPSA) is 69.4 Å². The molecular weight excluding hydrogens is 238 g/mol. The van der Waals surface area contributed by atoms with Crippen molar-refractivity contribution in [2.24, 2.45) is 17.0 Å². The summed E-state index contributed by atoms with van der Waals surface area (Å²) in [6.45, 7) is 3.33. The molecule has 0 aromatic heterocycles. The first-order valence-corrected chi connectivity index (χ1v) is 8.31. The van der Waals surface area contributed by atoms with E-state index >= 15 is 0 Å². The Morgan fingerprint density at radius 1 is 1.41 bits per heavy atom. The fraction of sp³-hybridized carbons (Fsp3) is 1.00. The first kappa shape index (κ1) is 14.9. The first-order chi connectivity index (χ1) is 8.01. The third kappa shape index (κ3) is 7.01. The number of primary sulfonamides is 1. The van der Waals surface area contributed by atoms with Crippen LogP contribution in [0.15, 0.2) is 0 Å². The zero-order valence-corrected chi connectivity index (χ0v) is 11.5. The molecule has 0 aromatic rings.